The summed E-state index contributed by atoms with van der Waals surface area (Å²) < 4.78 is 5.86. The molecule has 0 aliphatic heterocycles. The van der Waals surface area contributed by atoms with Gasteiger partial charge < -0.3 is 20.9 Å². The van der Waals surface area contributed by atoms with Gasteiger partial charge in [-0.05, 0) is 18.9 Å². The zero-order valence-corrected chi connectivity index (χ0v) is 15.6. The van der Waals surface area contributed by atoms with Gasteiger partial charge in [0.15, 0.2) is 0 Å². The van der Waals surface area contributed by atoms with Crippen LogP contribution in [0.2, 0.25) is 0 Å². The van der Waals surface area contributed by atoms with E-state index in [2.05, 4.69) is 12.2 Å². The zero-order valence-electron chi connectivity index (χ0n) is 15.6. The highest BCUT2D eigenvalue weighted by atomic mass is 16.5. The normalized spacial score (nSPS) is 23.2. The van der Waals surface area contributed by atoms with E-state index >= 15 is 0 Å². The zero-order chi connectivity index (χ0) is 18.7. The third kappa shape index (κ3) is 8.50. The number of aliphatic carboxylic acids is 1. The minimum atomic E-state index is -0.975. The van der Waals surface area contributed by atoms with Crippen LogP contribution in [0.25, 0.3) is 0 Å². The van der Waals surface area contributed by atoms with Gasteiger partial charge in [0.25, 0.3) is 0 Å². The van der Waals surface area contributed by atoms with E-state index in [1.54, 1.807) is 6.08 Å². The lowest BCUT2D eigenvalue weighted by molar-refractivity contribution is -0.133. The number of carboxylic acid groups (broad SMARTS) is 1. The molecule has 0 spiro atoms. The molecular weight excluding hydrogens is 320 g/mol. The van der Waals surface area contributed by atoms with Crippen LogP contribution in [0.3, 0.4) is 0 Å². The van der Waals surface area contributed by atoms with Gasteiger partial charge in [0.2, 0.25) is 5.91 Å². The van der Waals surface area contributed by atoms with Crippen LogP contribution < -0.4 is 11.1 Å². The number of hydrogen-bond acceptors (Lipinski definition) is 4. The fraction of sp³-hybridized carbons (Fsp3) is 0.789. The van der Waals surface area contributed by atoms with Gasteiger partial charge in [0.05, 0.1) is 12.1 Å². The molecule has 1 rings (SSSR count). The summed E-state index contributed by atoms with van der Waals surface area (Å²) in [6.07, 6.45) is 11.0. The molecule has 0 bridgehead atoms. The number of hydrogen-bond donors (Lipinski definition) is 3. The summed E-state index contributed by atoms with van der Waals surface area (Å²) in [6, 6.07) is -0.835. The number of carbonyl (C=O) groups excluding carboxylic acids is 1. The average molecular weight is 354 g/mol. The van der Waals surface area contributed by atoms with Gasteiger partial charge in [-0.2, -0.15) is 0 Å². The Morgan fingerprint density at radius 2 is 1.80 bits per heavy atom. The molecule has 4 N–H and O–H groups in total. The molecule has 144 valence electrons. The standard InChI is InChI=1S/C19H34N2O4/c1-3-4-5-6-7-8-9-10-11-25-17-13-15(19(23)24)12-16(20)18(17)21-14(2)22/h13,16-18H,3-12,20H2,1-2H3,(H,21,22)(H,23,24). The van der Waals surface area contributed by atoms with E-state index in [1.807, 2.05) is 0 Å². The Bertz CT molecular complexity index is 451. The Morgan fingerprint density at radius 3 is 2.36 bits per heavy atom. The van der Waals surface area contributed by atoms with Crippen LogP contribution in [0, 0.1) is 0 Å². The van der Waals surface area contributed by atoms with E-state index < -0.39 is 18.1 Å². The molecule has 0 aromatic heterocycles. The number of nitrogens with one attached hydrogen (secondary N) is 1. The van der Waals surface area contributed by atoms with Crippen LogP contribution in [0.1, 0.15) is 71.6 Å². The Balaban J connectivity index is 2.39. The van der Waals surface area contributed by atoms with Gasteiger partial charge in [-0.3, -0.25) is 4.79 Å². The minimum absolute atomic E-state index is 0.187. The first-order valence-electron chi connectivity index (χ1n) is 9.54. The fourth-order valence-electron chi connectivity index (χ4n) is 3.18. The van der Waals surface area contributed by atoms with Crippen molar-refractivity contribution in [3.8, 4) is 0 Å². The monoisotopic (exact) mass is 354 g/mol. The van der Waals surface area contributed by atoms with Crippen molar-refractivity contribution < 1.29 is 19.4 Å². The quantitative estimate of drug-likeness (QED) is 0.468. The van der Waals surface area contributed by atoms with Crippen LogP contribution in [0.5, 0.6) is 0 Å². The molecule has 3 unspecified atom stereocenters. The smallest absolute Gasteiger partial charge is 0.331 e. The van der Waals surface area contributed by atoms with Crippen molar-refractivity contribution in [2.45, 2.75) is 89.8 Å². The van der Waals surface area contributed by atoms with Crippen molar-refractivity contribution >= 4 is 11.9 Å². The van der Waals surface area contributed by atoms with Gasteiger partial charge in [0, 0.05) is 25.1 Å². The highest BCUT2D eigenvalue weighted by Crippen LogP contribution is 2.21. The van der Waals surface area contributed by atoms with Crippen molar-refractivity contribution in [2.24, 2.45) is 5.73 Å². The maximum Gasteiger partial charge on any atom is 0.331 e. The number of ether oxygens (including phenoxy) is 1. The van der Waals surface area contributed by atoms with Crippen molar-refractivity contribution in [1.29, 1.82) is 0 Å². The van der Waals surface area contributed by atoms with E-state index in [0.717, 1.165) is 12.8 Å². The summed E-state index contributed by atoms with van der Waals surface area (Å²) in [5.41, 5.74) is 6.32. The predicted molar refractivity (Wildman–Crippen MR) is 98.3 cm³/mol. The first-order valence-corrected chi connectivity index (χ1v) is 9.54. The summed E-state index contributed by atoms with van der Waals surface area (Å²) in [6.45, 7) is 4.19. The topological polar surface area (TPSA) is 102 Å². The molecule has 0 radical (unpaired) electrons. The lowest BCUT2D eigenvalue weighted by Gasteiger charge is -2.34. The number of rotatable bonds is 12. The van der Waals surface area contributed by atoms with E-state index in [4.69, 9.17) is 10.5 Å². The van der Waals surface area contributed by atoms with Crippen LogP contribution in [0.15, 0.2) is 11.6 Å². The highest BCUT2D eigenvalue weighted by molar-refractivity contribution is 5.87. The molecule has 0 heterocycles. The molecular formula is C19H34N2O4. The second-order valence-electron chi connectivity index (χ2n) is 6.90. The molecule has 0 aromatic rings. The summed E-state index contributed by atoms with van der Waals surface area (Å²) in [4.78, 5) is 22.6. The molecule has 6 heteroatoms. The second kappa shape index (κ2) is 12.0. The van der Waals surface area contributed by atoms with Crippen molar-refractivity contribution in [1.82, 2.24) is 5.32 Å². The lowest BCUT2D eigenvalue weighted by Crippen LogP contribution is -2.56. The predicted octanol–water partition coefficient (Wildman–Crippen LogP) is 2.76. The molecule has 0 fully saturated rings. The average Bonchev–Trinajstić information content (AvgIpc) is 2.55. The van der Waals surface area contributed by atoms with Gasteiger partial charge in [0.1, 0.15) is 0 Å². The number of unbranched alkanes of at least 4 members (excludes halogenated alkanes) is 7. The van der Waals surface area contributed by atoms with Crippen LogP contribution in [-0.2, 0) is 14.3 Å². The molecule has 0 saturated heterocycles. The molecule has 0 aromatic carbocycles. The number of carboxylic acids is 1. The summed E-state index contributed by atoms with van der Waals surface area (Å²) >= 11 is 0. The lowest BCUT2D eigenvalue weighted by atomic mass is 9.88. The summed E-state index contributed by atoms with van der Waals surface area (Å²) in [5.74, 6) is -1.16. The van der Waals surface area contributed by atoms with Crippen molar-refractivity contribution in [3.63, 3.8) is 0 Å². The third-order valence-corrected chi connectivity index (χ3v) is 4.59. The number of amides is 1. The second-order valence-corrected chi connectivity index (χ2v) is 6.90. The number of carbonyl (C=O) groups is 2. The molecule has 1 aliphatic carbocycles. The van der Waals surface area contributed by atoms with E-state index in [-0.39, 0.29) is 23.9 Å². The van der Waals surface area contributed by atoms with Gasteiger partial charge in [-0.15, -0.1) is 0 Å². The maximum atomic E-state index is 11.4. The third-order valence-electron chi connectivity index (χ3n) is 4.59. The Morgan fingerprint density at radius 1 is 1.20 bits per heavy atom. The maximum absolute atomic E-state index is 11.4. The summed E-state index contributed by atoms with van der Waals surface area (Å²) in [5, 5.41) is 12.0. The number of nitrogens with two attached hydrogens (primary N) is 1. The van der Waals surface area contributed by atoms with Crippen molar-refractivity contribution in [2.75, 3.05) is 6.61 Å². The van der Waals surface area contributed by atoms with E-state index in [9.17, 15) is 14.7 Å². The molecule has 1 aliphatic rings. The van der Waals surface area contributed by atoms with Crippen LogP contribution in [0.4, 0.5) is 0 Å². The summed E-state index contributed by atoms with van der Waals surface area (Å²) in [7, 11) is 0. The minimum Gasteiger partial charge on any atom is -0.478 e. The van der Waals surface area contributed by atoms with Crippen molar-refractivity contribution in [3.05, 3.63) is 11.6 Å². The van der Waals surface area contributed by atoms with Gasteiger partial charge >= 0.3 is 5.97 Å². The Labute approximate surface area is 151 Å². The Kier molecular flexibility index (Phi) is 10.4. The van der Waals surface area contributed by atoms with Crippen LogP contribution >= 0.6 is 0 Å². The fourth-order valence-corrected chi connectivity index (χ4v) is 3.18. The van der Waals surface area contributed by atoms with E-state index in [1.165, 1.54) is 45.4 Å². The Hall–Kier alpha value is -1.40. The van der Waals surface area contributed by atoms with Crippen LogP contribution in [-0.4, -0.2) is 41.8 Å². The first-order chi connectivity index (χ1) is 12.0. The van der Waals surface area contributed by atoms with Gasteiger partial charge in [-0.25, -0.2) is 4.79 Å². The SMILES string of the molecule is CCCCCCCCCCOC1C=C(C(=O)O)CC(N)C1NC(C)=O. The first kappa shape index (κ1) is 21.6. The largest absolute Gasteiger partial charge is 0.478 e. The molecule has 6 nitrogen and oxygen atoms in total. The van der Waals surface area contributed by atoms with E-state index in [0.29, 0.717) is 6.61 Å². The molecule has 1 amide bonds. The molecule has 3 atom stereocenters. The van der Waals surface area contributed by atoms with Gasteiger partial charge in [-0.1, -0.05) is 51.9 Å². The highest BCUT2D eigenvalue weighted by Gasteiger charge is 2.34. The molecule has 0 saturated carbocycles. The molecule has 25 heavy (non-hydrogen) atoms.